The molecule has 2 aromatic rings. The Morgan fingerprint density at radius 3 is 2.43 bits per heavy atom. The zero-order valence-corrected chi connectivity index (χ0v) is 13.5. The standard InChI is InChI=1S/C18H18FNO3/c1-10-7-11(2)12(3)17(8-10)23-18(22)15-9-14(20-13(4)21)5-6-16(15)19/h5-9H,1-4H3,(H,20,21). The number of hydrogen-bond acceptors (Lipinski definition) is 3. The van der Waals surface area contributed by atoms with Gasteiger partial charge in [0.25, 0.3) is 0 Å². The molecule has 0 atom stereocenters. The molecule has 5 heteroatoms. The Kier molecular flexibility index (Phi) is 4.79. The summed E-state index contributed by atoms with van der Waals surface area (Å²) in [6, 6.07) is 7.48. The van der Waals surface area contributed by atoms with E-state index in [1.165, 1.54) is 19.1 Å². The highest BCUT2D eigenvalue weighted by Crippen LogP contribution is 2.25. The lowest BCUT2D eigenvalue weighted by Gasteiger charge is -2.12. The van der Waals surface area contributed by atoms with Gasteiger partial charge in [0.2, 0.25) is 5.91 Å². The minimum Gasteiger partial charge on any atom is -0.423 e. The molecule has 0 bridgehead atoms. The molecule has 0 aliphatic carbocycles. The van der Waals surface area contributed by atoms with Crippen LogP contribution in [0, 0.1) is 26.6 Å². The summed E-state index contributed by atoms with van der Waals surface area (Å²) < 4.78 is 19.2. The minimum absolute atomic E-state index is 0.227. The fourth-order valence-electron chi connectivity index (χ4n) is 2.22. The van der Waals surface area contributed by atoms with Crippen molar-refractivity contribution in [1.29, 1.82) is 0 Å². The number of amides is 1. The summed E-state index contributed by atoms with van der Waals surface area (Å²) in [5.41, 5.74) is 2.86. The molecule has 0 aliphatic rings. The van der Waals surface area contributed by atoms with Crippen molar-refractivity contribution in [1.82, 2.24) is 0 Å². The van der Waals surface area contributed by atoms with Gasteiger partial charge in [0, 0.05) is 12.6 Å². The molecule has 1 N–H and O–H groups in total. The number of aryl methyl sites for hydroxylation is 2. The number of halogens is 1. The van der Waals surface area contributed by atoms with Gasteiger partial charge in [0.15, 0.2) is 0 Å². The van der Waals surface area contributed by atoms with Crippen molar-refractivity contribution in [2.24, 2.45) is 0 Å². The first kappa shape index (κ1) is 16.7. The second kappa shape index (κ2) is 6.60. The van der Waals surface area contributed by atoms with Crippen molar-refractivity contribution in [3.8, 4) is 5.75 Å². The predicted molar refractivity (Wildman–Crippen MR) is 86.3 cm³/mol. The Hall–Kier alpha value is -2.69. The van der Waals surface area contributed by atoms with Crippen molar-refractivity contribution in [3.63, 3.8) is 0 Å². The summed E-state index contributed by atoms with van der Waals surface area (Å²) in [5, 5.41) is 2.51. The third kappa shape index (κ3) is 3.94. The maximum atomic E-state index is 13.9. The number of ether oxygens (including phenoxy) is 1. The summed E-state index contributed by atoms with van der Waals surface area (Å²) in [6.45, 7) is 6.97. The van der Waals surface area contributed by atoms with E-state index in [9.17, 15) is 14.0 Å². The van der Waals surface area contributed by atoms with Crippen molar-refractivity contribution in [2.45, 2.75) is 27.7 Å². The zero-order valence-electron chi connectivity index (χ0n) is 13.5. The topological polar surface area (TPSA) is 55.4 Å². The summed E-state index contributed by atoms with van der Waals surface area (Å²) in [7, 11) is 0. The van der Waals surface area contributed by atoms with Crippen LogP contribution in [0.4, 0.5) is 10.1 Å². The quantitative estimate of drug-likeness (QED) is 0.690. The highest BCUT2D eigenvalue weighted by molar-refractivity contribution is 5.95. The molecule has 2 aromatic carbocycles. The minimum atomic E-state index is -0.803. The molecule has 1 amide bonds. The van der Waals surface area contributed by atoms with Crippen LogP contribution < -0.4 is 10.1 Å². The van der Waals surface area contributed by atoms with Crippen LogP contribution in [0.5, 0.6) is 5.75 Å². The second-order valence-electron chi connectivity index (χ2n) is 5.47. The van der Waals surface area contributed by atoms with Crippen LogP contribution in [0.15, 0.2) is 30.3 Å². The molecule has 0 fully saturated rings. The van der Waals surface area contributed by atoms with Crippen LogP contribution in [0.3, 0.4) is 0 Å². The maximum Gasteiger partial charge on any atom is 0.346 e. The van der Waals surface area contributed by atoms with E-state index in [1.54, 1.807) is 6.07 Å². The summed E-state index contributed by atoms with van der Waals surface area (Å²) in [4.78, 5) is 23.3. The third-order valence-corrected chi connectivity index (χ3v) is 3.47. The fourth-order valence-corrected chi connectivity index (χ4v) is 2.22. The Morgan fingerprint density at radius 2 is 1.78 bits per heavy atom. The van der Waals surface area contributed by atoms with Gasteiger partial charge in [-0.1, -0.05) is 6.07 Å². The Bertz CT molecular complexity index is 784. The number of carbonyl (C=O) groups excluding carboxylic acids is 2. The number of carbonyl (C=O) groups is 2. The molecule has 120 valence electrons. The number of esters is 1. The molecule has 0 aliphatic heterocycles. The molecule has 0 heterocycles. The van der Waals surface area contributed by atoms with E-state index in [1.807, 2.05) is 26.8 Å². The molecule has 0 spiro atoms. The largest absolute Gasteiger partial charge is 0.423 e. The van der Waals surface area contributed by atoms with Gasteiger partial charge in [-0.25, -0.2) is 9.18 Å². The molecule has 23 heavy (non-hydrogen) atoms. The molecule has 0 radical (unpaired) electrons. The number of anilines is 1. The third-order valence-electron chi connectivity index (χ3n) is 3.47. The first-order valence-electron chi connectivity index (χ1n) is 7.15. The van der Waals surface area contributed by atoms with Crippen LogP contribution in [-0.2, 0) is 4.79 Å². The van der Waals surface area contributed by atoms with E-state index in [2.05, 4.69) is 5.32 Å². The van der Waals surface area contributed by atoms with Crippen molar-refractivity contribution in [2.75, 3.05) is 5.32 Å². The molecule has 0 saturated heterocycles. The average molecular weight is 315 g/mol. The maximum absolute atomic E-state index is 13.9. The van der Waals surface area contributed by atoms with Gasteiger partial charge in [-0.05, 0) is 61.7 Å². The smallest absolute Gasteiger partial charge is 0.346 e. The SMILES string of the molecule is CC(=O)Nc1ccc(F)c(C(=O)Oc2cc(C)cc(C)c2C)c1. The van der Waals surface area contributed by atoms with Gasteiger partial charge in [-0.2, -0.15) is 0 Å². The van der Waals surface area contributed by atoms with Crippen LogP contribution in [0.25, 0.3) is 0 Å². The summed E-state index contributed by atoms with van der Waals surface area (Å²) in [6.07, 6.45) is 0. The van der Waals surface area contributed by atoms with E-state index in [-0.39, 0.29) is 11.5 Å². The first-order chi connectivity index (χ1) is 10.8. The summed E-state index contributed by atoms with van der Waals surface area (Å²) >= 11 is 0. The van der Waals surface area contributed by atoms with Crippen molar-refractivity contribution in [3.05, 3.63) is 58.4 Å². The normalized spacial score (nSPS) is 10.3. The van der Waals surface area contributed by atoms with Gasteiger partial charge in [0.05, 0.1) is 5.56 Å². The number of rotatable bonds is 3. The van der Waals surface area contributed by atoms with E-state index < -0.39 is 11.8 Å². The van der Waals surface area contributed by atoms with Gasteiger partial charge in [-0.3, -0.25) is 4.79 Å². The van der Waals surface area contributed by atoms with Crippen LogP contribution in [0.2, 0.25) is 0 Å². The molecule has 0 saturated carbocycles. The fraction of sp³-hybridized carbons (Fsp3) is 0.222. The lowest BCUT2D eigenvalue weighted by Crippen LogP contribution is -2.13. The zero-order chi connectivity index (χ0) is 17.1. The van der Waals surface area contributed by atoms with Crippen molar-refractivity contribution < 1.29 is 18.7 Å². The average Bonchev–Trinajstić information content (AvgIpc) is 2.45. The summed E-state index contributed by atoms with van der Waals surface area (Å²) in [5.74, 6) is -1.41. The van der Waals surface area contributed by atoms with E-state index in [4.69, 9.17) is 4.74 Å². The van der Waals surface area contributed by atoms with Gasteiger partial charge < -0.3 is 10.1 Å². The van der Waals surface area contributed by atoms with Crippen LogP contribution in [0.1, 0.15) is 34.0 Å². The molecule has 4 nitrogen and oxygen atoms in total. The lowest BCUT2D eigenvalue weighted by atomic mass is 10.1. The number of benzene rings is 2. The predicted octanol–water partition coefficient (Wildman–Crippen LogP) is 3.93. The van der Waals surface area contributed by atoms with Crippen molar-refractivity contribution >= 4 is 17.6 Å². The van der Waals surface area contributed by atoms with Gasteiger partial charge >= 0.3 is 5.97 Å². The van der Waals surface area contributed by atoms with E-state index >= 15 is 0 Å². The first-order valence-corrected chi connectivity index (χ1v) is 7.15. The number of nitrogens with one attached hydrogen (secondary N) is 1. The second-order valence-corrected chi connectivity index (χ2v) is 5.47. The van der Waals surface area contributed by atoms with E-state index in [0.29, 0.717) is 11.4 Å². The van der Waals surface area contributed by atoms with Crippen LogP contribution in [-0.4, -0.2) is 11.9 Å². The molecule has 0 unspecified atom stereocenters. The molecule has 2 rings (SSSR count). The molecule has 0 aromatic heterocycles. The Morgan fingerprint density at radius 1 is 1.09 bits per heavy atom. The monoisotopic (exact) mass is 315 g/mol. The molecular formula is C18H18FNO3. The van der Waals surface area contributed by atoms with Gasteiger partial charge in [0.1, 0.15) is 11.6 Å². The highest BCUT2D eigenvalue weighted by atomic mass is 19.1. The highest BCUT2D eigenvalue weighted by Gasteiger charge is 2.17. The lowest BCUT2D eigenvalue weighted by molar-refractivity contribution is -0.114. The molecular weight excluding hydrogens is 297 g/mol. The van der Waals surface area contributed by atoms with E-state index in [0.717, 1.165) is 22.8 Å². The van der Waals surface area contributed by atoms with Crippen LogP contribution >= 0.6 is 0 Å². The number of hydrogen-bond donors (Lipinski definition) is 1. The van der Waals surface area contributed by atoms with Gasteiger partial charge in [-0.15, -0.1) is 0 Å². The Balaban J connectivity index is 2.32. The Labute approximate surface area is 134 Å².